The number of halogens is 2. The monoisotopic (exact) mass is 256 g/mol. The predicted octanol–water partition coefficient (Wildman–Crippen LogP) is 3.21. The molecule has 18 heavy (non-hydrogen) atoms. The van der Waals surface area contributed by atoms with E-state index >= 15 is 0 Å². The lowest BCUT2D eigenvalue weighted by Crippen LogP contribution is -2.20. The third-order valence-corrected chi connectivity index (χ3v) is 2.41. The van der Waals surface area contributed by atoms with Gasteiger partial charge in [-0.3, -0.25) is 0 Å². The van der Waals surface area contributed by atoms with Crippen molar-refractivity contribution in [1.29, 1.82) is 0 Å². The third kappa shape index (κ3) is 4.33. The maximum absolute atomic E-state index is 12.4. The van der Waals surface area contributed by atoms with E-state index in [2.05, 4.69) is 11.9 Å². The molecule has 3 nitrogen and oxygen atoms in total. The third-order valence-electron chi connectivity index (χ3n) is 2.41. The van der Waals surface area contributed by atoms with Crippen LogP contribution in [0.4, 0.5) is 20.2 Å². The van der Waals surface area contributed by atoms with Crippen molar-refractivity contribution in [3.05, 3.63) is 36.4 Å². The fraction of sp³-hybridized carbons (Fsp3) is 0.385. The van der Waals surface area contributed by atoms with Gasteiger partial charge in [-0.1, -0.05) is 12.1 Å². The van der Waals surface area contributed by atoms with Crippen molar-refractivity contribution < 1.29 is 13.5 Å². The van der Waals surface area contributed by atoms with E-state index in [1.54, 1.807) is 12.1 Å². The Morgan fingerprint density at radius 1 is 1.50 bits per heavy atom. The van der Waals surface area contributed by atoms with E-state index in [4.69, 9.17) is 10.5 Å². The van der Waals surface area contributed by atoms with Crippen LogP contribution in [0.3, 0.4) is 0 Å². The number of alkyl halides is 2. The van der Waals surface area contributed by atoms with Crippen molar-refractivity contribution in [2.45, 2.75) is 19.5 Å². The molecule has 1 aromatic carbocycles. The van der Waals surface area contributed by atoms with Crippen molar-refractivity contribution in [3.8, 4) is 0 Å². The van der Waals surface area contributed by atoms with E-state index < -0.39 is 6.43 Å². The fourth-order valence-corrected chi connectivity index (χ4v) is 1.42. The number of anilines is 2. The topological polar surface area (TPSA) is 47.3 Å². The van der Waals surface area contributed by atoms with E-state index in [0.717, 1.165) is 0 Å². The standard InChI is InChI=1S/C13H18F2N2O/c1-3-6-18-9(2)8-17-12-5-4-10(13(14)15)7-11(12)16/h3-5,7,9,13,17H,1,6,8,16H2,2H3. The van der Waals surface area contributed by atoms with Gasteiger partial charge in [0.05, 0.1) is 24.1 Å². The Kier molecular flexibility index (Phi) is 5.58. The second kappa shape index (κ2) is 6.96. The van der Waals surface area contributed by atoms with Gasteiger partial charge in [0.1, 0.15) is 0 Å². The zero-order valence-corrected chi connectivity index (χ0v) is 10.3. The summed E-state index contributed by atoms with van der Waals surface area (Å²) in [6.07, 6.45) is -0.851. The molecule has 0 aliphatic carbocycles. The second-order valence-corrected chi connectivity index (χ2v) is 3.96. The van der Waals surface area contributed by atoms with Crippen molar-refractivity contribution in [3.63, 3.8) is 0 Å². The van der Waals surface area contributed by atoms with Gasteiger partial charge in [-0.05, 0) is 19.1 Å². The molecule has 0 aliphatic heterocycles. The Bertz CT molecular complexity index is 397. The highest BCUT2D eigenvalue weighted by Crippen LogP contribution is 2.26. The summed E-state index contributed by atoms with van der Waals surface area (Å²) in [5.74, 6) is 0. The molecule has 0 aliphatic rings. The Morgan fingerprint density at radius 3 is 2.78 bits per heavy atom. The van der Waals surface area contributed by atoms with Crippen molar-refractivity contribution in [2.75, 3.05) is 24.2 Å². The molecule has 0 bridgehead atoms. The van der Waals surface area contributed by atoms with Gasteiger partial charge in [-0.2, -0.15) is 0 Å². The van der Waals surface area contributed by atoms with Gasteiger partial charge in [0, 0.05) is 12.1 Å². The van der Waals surface area contributed by atoms with Gasteiger partial charge in [-0.25, -0.2) is 8.78 Å². The van der Waals surface area contributed by atoms with Gasteiger partial charge in [0.2, 0.25) is 0 Å². The van der Waals surface area contributed by atoms with Crippen LogP contribution in [0.2, 0.25) is 0 Å². The van der Waals surface area contributed by atoms with E-state index in [0.29, 0.717) is 24.5 Å². The maximum Gasteiger partial charge on any atom is 0.263 e. The Labute approximate surface area is 106 Å². The van der Waals surface area contributed by atoms with Crippen LogP contribution in [0.25, 0.3) is 0 Å². The van der Waals surface area contributed by atoms with Crippen molar-refractivity contribution in [2.24, 2.45) is 0 Å². The summed E-state index contributed by atoms with van der Waals surface area (Å²) < 4.78 is 30.2. The molecule has 0 fully saturated rings. The lowest BCUT2D eigenvalue weighted by Gasteiger charge is -2.15. The summed E-state index contributed by atoms with van der Waals surface area (Å²) in [5.41, 5.74) is 6.56. The summed E-state index contributed by atoms with van der Waals surface area (Å²) in [4.78, 5) is 0. The second-order valence-electron chi connectivity index (χ2n) is 3.96. The van der Waals surface area contributed by atoms with Crippen LogP contribution in [-0.2, 0) is 4.74 Å². The van der Waals surface area contributed by atoms with E-state index in [1.807, 2.05) is 6.92 Å². The van der Waals surface area contributed by atoms with Crippen LogP contribution >= 0.6 is 0 Å². The molecule has 1 rings (SSSR count). The molecule has 1 aromatic rings. The molecule has 1 unspecified atom stereocenters. The number of ether oxygens (including phenoxy) is 1. The molecule has 1 atom stereocenters. The molecule has 0 saturated carbocycles. The smallest absolute Gasteiger partial charge is 0.263 e. The summed E-state index contributed by atoms with van der Waals surface area (Å²) in [5, 5.41) is 3.06. The zero-order valence-electron chi connectivity index (χ0n) is 10.3. The molecular weight excluding hydrogens is 238 g/mol. The van der Waals surface area contributed by atoms with Gasteiger partial charge < -0.3 is 15.8 Å². The highest BCUT2D eigenvalue weighted by molar-refractivity contribution is 5.67. The number of benzene rings is 1. The lowest BCUT2D eigenvalue weighted by atomic mass is 10.2. The first-order chi connectivity index (χ1) is 8.54. The van der Waals surface area contributed by atoms with Crippen LogP contribution in [-0.4, -0.2) is 19.3 Å². The molecule has 0 heterocycles. The highest BCUT2D eigenvalue weighted by Gasteiger charge is 2.09. The fourth-order valence-electron chi connectivity index (χ4n) is 1.42. The summed E-state index contributed by atoms with van der Waals surface area (Å²) in [6.45, 7) is 6.48. The van der Waals surface area contributed by atoms with Crippen LogP contribution in [0.1, 0.15) is 18.9 Å². The molecule has 0 saturated heterocycles. The number of nitrogens with two attached hydrogens (primary N) is 1. The Hall–Kier alpha value is -1.62. The first-order valence-electron chi connectivity index (χ1n) is 5.68. The molecule has 0 radical (unpaired) electrons. The zero-order chi connectivity index (χ0) is 13.5. The van der Waals surface area contributed by atoms with Crippen LogP contribution in [0.15, 0.2) is 30.9 Å². The predicted molar refractivity (Wildman–Crippen MR) is 69.9 cm³/mol. The number of nitrogen functional groups attached to an aromatic ring is 1. The van der Waals surface area contributed by atoms with Crippen LogP contribution in [0, 0.1) is 0 Å². The number of nitrogens with one attached hydrogen (secondary N) is 1. The number of hydrogen-bond acceptors (Lipinski definition) is 3. The molecule has 5 heteroatoms. The Morgan fingerprint density at radius 2 is 2.22 bits per heavy atom. The quantitative estimate of drug-likeness (QED) is 0.581. The lowest BCUT2D eigenvalue weighted by molar-refractivity contribution is 0.0980. The summed E-state index contributed by atoms with van der Waals surface area (Å²) >= 11 is 0. The molecule has 0 amide bonds. The van der Waals surface area contributed by atoms with E-state index in [9.17, 15) is 8.78 Å². The molecule has 3 N–H and O–H groups in total. The van der Waals surface area contributed by atoms with Crippen molar-refractivity contribution in [1.82, 2.24) is 0 Å². The van der Waals surface area contributed by atoms with E-state index in [-0.39, 0.29) is 11.7 Å². The normalized spacial score (nSPS) is 12.4. The molecule has 0 spiro atoms. The molecular formula is C13H18F2N2O. The average Bonchev–Trinajstić information content (AvgIpc) is 2.34. The van der Waals surface area contributed by atoms with Crippen molar-refractivity contribution >= 4 is 11.4 Å². The SMILES string of the molecule is C=CCOC(C)CNc1ccc(C(F)F)cc1N. The number of rotatable bonds is 7. The first-order valence-corrected chi connectivity index (χ1v) is 5.68. The molecule has 0 aromatic heterocycles. The summed E-state index contributed by atoms with van der Waals surface area (Å²) in [7, 11) is 0. The summed E-state index contributed by atoms with van der Waals surface area (Å²) in [6, 6.07) is 4.19. The van der Waals surface area contributed by atoms with Gasteiger partial charge in [0.25, 0.3) is 6.43 Å². The van der Waals surface area contributed by atoms with Crippen LogP contribution in [0.5, 0.6) is 0 Å². The maximum atomic E-state index is 12.4. The van der Waals surface area contributed by atoms with Gasteiger partial charge in [0.15, 0.2) is 0 Å². The minimum atomic E-state index is -2.50. The number of hydrogen-bond donors (Lipinski definition) is 2. The van der Waals surface area contributed by atoms with E-state index in [1.165, 1.54) is 12.1 Å². The first kappa shape index (κ1) is 14.4. The Balaban J connectivity index is 2.55. The average molecular weight is 256 g/mol. The minimum Gasteiger partial charge on any atom is -0.397 e. The highest BCUT2D eigenvalue weighted by atomic mass is 19.3. The minimum absolute atomic E-state index is 0.0165. The van der Waals surface area contributed by atoms with Crippen LogP contribution < -0.4 is 11.1 Å². The van der Waals surface area contributed by atoms with Gasteiger partial charge >= 0.3 is 0 Å². The van der Waals surface area contributed by atoms with Gasteiger partial charge in [-0.15, -0.1) is 6.58 Å². The molecule has 100 valence electrons. The largest absolute Gasteiger partial charge is 0.397 e.